The Morgan fingerprint density at radius 3 is 2.18 bits per heavy atom. The van der Waals surface area contributed by atoms with Crippen LogP contribution in [0.3, 0.4) is 0 Å². The van der Waals surface area contributed by atoms with Crippen LogP contribution in [0.2, 0.25) is 0 Å². The van der Waals surface area contributed by atoms with Crippen molar-refractivity contribution in [1.29, 1.82) is 0 Å². The van der Waals surface area contributed by atoms with Gasteiger partial charge in [-0.2, -0.15) is 0 Å². The predicted molar refractivity (Wildman–Crippen MR) is 153 cm³/mol. The summed E-state index contributed by atoms with van der Waals surface area (Å²) in [5.41, 5.74) is 3.80. The van der Waals surface area contributed by atoms with Crippen LogP contribution in [-0.4, -0.2) is 51.4 Å². The number of sulfonamides is 1. The number of methoxy groups -OCH3 is 1. The molecule has 1 N–H and O–H groups in total. The maximum atomic E-state index is 14.0. The highest BCUT2D eigenvalue weighted by Gasteiger charge is 2.33. The highest BCUT2D eigenvalue weighted by Crippen LogP contribution is 2.34. The van der Waals surface area contributed by atoms with Crippen LogP contribution in [0.1, 0.15) is 36.1 Å². The fourth-order valence-corrected chi connectivity index (χ4v) is 5.67. The first-order chi connectivity index (χ1) is 18.5. The van der Waals surface area contributed by atoms with E-state index in [1.165, 1.54) is 24.1 Å². The zero-order valence-corrected chi connectivity index (χ0v) is 24.2. The number of aryl methyl sites for hydroxylation is 3. The summed E-state index contributed by atoms with van der Waals surface area (Å²) in [5, 5.41) is 2.77. The zero-order chi connectivity index (χ0) is 28.7. The van der Waals surface area contributed by atoms with Crippen molar-refractivity contribution in [3.63, 3.8) is 0 Å². The van der Waals surface area contributed by atoms with Gasteiger partial charge in [-0.05, 0) is 70.0 Å². The minimum absolute atomic E-state index is 0.0477. The molecule has 0 unspecified atom stereocenters. The Bertz CT molecular complexity index is 1420. The van der Waals surface area contributed by atoms with E-state index in [0.717, 1.165) is 26.6 Å². The monoisotopic (exact) mass is 551 g/mol. The van der Waals surface area contributed by atoms with E-state index in [0.29, 0.717) is 12.3 Å². The minimum atomic E-state index is -4.18. The van der Waals surface area contributed by atoms with E-state index < -0.39 is 28.5 Å². The van der Waals surface area contributed by atoms with Crippen molar-refractivity contribution in [1.82, 2.24) is 10.2 Å². The molecule has 208 valence electrons. The molecule has 0 saturated heterocycles. The van der Waals surface area contributed by atoms with E-state index in [-0.39, 0.29) is 23.0 Å². The van der Waals surface area contributed by atoms with E-state index in [1.807, 2.05) is 51.1 Å². The predicted octanol–water partition coefficient (Wildman–Crippen LogP) is 4.37. The molecule has 3 rings (SSSR count). The number of hydrogen-bond acceptors (Lipinski definition) is 5. The van der Waals surface area contributed by atoms with Gasteiger partial charge in [-0.3, -0.25) is 13.9 Å². The number of carbonyl (C=O) groups excluding carboxylic acids is 2. The molecule has 0 heterocycles. The molecule has 0 aliphatic rings. The number of rotatable bonds is 11. The fraction of sp³-hybridized carbons (Fsp3) is 0.333. The zero-order valence-electron chi connectivity index (χ0n) is 23.4. The van der Waals surface area contributed by atoms with Gasteiger partial charge in [0.1, 0.15) is 18.3 Å². The number of anilines is 1. The first-order valence-corrected chi connectivity index (χ1v) is 14.3. The highest BCUT2D eigenvalue weighted by molar-refractivity contribution is 7.92. The minimum Gasteiger partial charge on any atom is -0.495 e. The molecule has 0 spiro atoms. The number of carbonyl (C=O) groups is 2. The summed E-state index contributed by atoms with van der Waals surface area (Å²) >= 11 is 0. The Balaban J connectivity index is 2.10. The second-order valence-electron chi connectivity index (χ2n) is 9.58. The van der Waals surface area contributed by atoms with Crippen molar-refractivity contribution in [3.8, 4) is 5.75 Å². The summed E-state index contributed by atoms with van der Waals surface area (Å²) in [6, 6.07) is 18.4. The van der Waals surface area contributed by atoms with Gasteiger partial charge in [-0.25, -0.2) is 8.42 Å². The molecule has 0 aromatic heterocycles. The lowest BCUT2D eigenvalue weighted by atomic mass is 10.1. The van der Waals surface area contributed by atoms with Gasteiger partial charge in [-0.15, -0.1) is 0 Å². The van der Waals surface area contributed by atoms with Gasteiger partial charge in [0.15, 0.2) is 0 Å². The summed E-state index contributed by atoms with van der Waals surface area (Å²) in [6.07, 6.45) is 0. The van der Waals surface area contributed by atoms with Crippen LogP contribution in [0.4, 0.5) is 5.69 Å². The smallest absolute Gasteiger partial charge is 0.264 e. The standard InChI is InChI=1S/C30H37N3O5S/c1-7-31-30(35)24(5)32(19-25-10-8-9-22(3)17-25)29(34)20-33(27-18-23(4)13-16-28(27)38-6)39(36,37)26-14-11-21(2)12-15-26/h8-18,24H,7,19-20H2,1-6H3,(H,31,35)/t24-/m1/s1. The Labute approximate surface area is 231 Å². The van der Waals surface area contributed by atoms with Gasteiger partial charge in [0, 0.05) is 13.1 Å². The lowest BCUT2D eigenvalue weighted by molar-refractivity contribution is -0.139. The number of hydrogen-bond donors (Lipinski definition) is 1. The van der Waals surface area contributed by atoms with E-state index in [4.69, 9.17) is 4.74 Å². The van der Waals surface area contributed by atoms with Crippen molar-refractivity contribution >= 4 is 27.5 Å². The molecule has 0 radical (unpaired) electrons. The quantitative estimate of drug-likeness (QED) is 0.382. The Morgan fingerprint density at radius 2 is 1.56 bits per heavy atom. The highest BCUT2D eigenvalue weighted by atomic mass is 32.2. The Hall–Kier alpha value is -3.85. The fourth-order valence-electron chi connectivity index (χ4n) is 4.26. The van der Waals surface area contributed by atoms with Gasteiger partial charge in [0.2, 0.25) is 11.8 Å². The van der Waals surface area contributed by atoms with Gasteiger partial charge in [0.25, 0.3) is 10.0 Å². The van der Waals surface area contributed by atoms with Crippen LogP contribution in [0.15, 0.2) is 71.6 Å². The summed E-state index contributed by atoms with van der Waals surface area (Å²) < 4.78 is 34.6. The molecule has 3 aromatic carbocycles. The Kier molecular flexibility index (Phi) is 9.75. The molecule has 0 bridgehead atoms. The first kappa shape index (κ1) is 29.7. The van der Waals surface area contributed by atoms with Crippen molar-refractivity contribution in [3.05, 3.63) is 89.0 Å². The topological polar surface area (TPSA) is 96.0 Å². The molecule has 0 aliphatic carbocycles. The molecule has 0 saturated carbocycles. The van der Waals surface area contributed by atoms with Crippen molar-refractivity contribution in [2.24, 2.45) is 0 Å². The lowest BCUT2D eigenvalue weighted by Crippen LogP contribution is -2.51. The van der Waals surface area contributed by atoms with Crippen LogP contribution < -0.4 is 14.4 Å². The maximum absolute atomic E-state index is 14.0. The Morgan fingerprint density at radius 1 is 0.923 bits per heavy atom. The van der Waals surface area contributed by atoms with Crippen molar-refractivity contribution < 1.29 is 22.7 Å². The molecule has 3 aromatic rings. The lowest BCUT2D eigenvalue weighted by Gasteiger charge is -2.32. The van der Waals surface area contributed by atoms with Gasteiger partial charge < -0.3 is 15.0 Å². The van der Waals surface area contributed by atoms with E-state index in [9.17, 15) is 18.0 Å². The summed E-state index contributed by atoms with van der Waals surface area (Å²) in [6.45, 7) is 9.12. The number of benzene rings is 3. The number of amides is 2. The number of nitrogens with one attached hydrogen (secondary N) is 1. The molecule has 9 heteroatoms. The third-order valence-corrected chi connectivity index (χ3v) is 8.22. The molecular weight excluding hydrogens is 514 g/mol. The molecule has 1 atom stereocenters. The van der Waals surface area contributed by atoms with Gasteiger partial charge >= 0.3 is 0 Å². The maximum Gasteiger partial charge on any atom is 0.264 e. The normalized spacial score (nSPS) is 11.9. The van der Waals surface area contributed by atoms with Crippen molar-refractivity contribution in [2.75, 3.05) is 24.5 Å². The number of likely N-dealkylation sites (N-methyl/N-ethyl adjacent to an activating group) is 1. The molecular formula is C30H37N3O5S. The molecule has 8 nitrogen and oxygen atoms in total. The average molecular weight is 552 g/mol. The SMILES string of the molecule is CCNC(=O)[C@@H](C)N(Cc1cccc(C)c1)C(=O)CN(c1cc(C)ccc1OC)S(=O)(=O)c1ccc(C)cc1. The van der Waals surface area contributed by atoms with Gasteiger partial charge in [-0.1, -0.05) is 53.6 Å². The van der Waals surface area contributed by atoms with Crippen LogP contribution in [-0.2, 0) is 26.2 Å². The number of nitrogens with zero attached hydrogens (tertiary/aromatic N) is 2. The third-order valence-electron chi connectivity index (χ3n) is 6.44. The third kappa shape index (κ3) is 7.17. The first-order valence-electron chi connectivity index (χ1n) is 12.8. The summed E-state index contributed by atoms with van der Waals surface area (Å²) in [4.78, 5) is 28.3. The molecule has 0 fully saturated rings. The van der Waals surface area contributed by atoms with Gasteiger partial charge in [0.05, 0.1) is 17.7 Å². The largest absolute Gasteiger partial charge is 0.495 e. The second-order valence-corrected chi connectivity index (χ2v) is 11.4. The average Bonchev–Trinajstić information content (AvgIpc) is 2.90. The van der Waals surface area contributed by atoms with E-state index in [2.05, 4.69) is 5.32 Å². The molecule has 39 heavy (non-hydrogen) atoms. The molecule has 2 amide bonds. The number of ether oxygens (including phenoxy) is 1. The molecule has 0 aliphatic heterocycles. The second kappa shape index (κ2) is 12.8. The van der Waals surface area contributed by atoms with Crippen LogP contribution >= 0.6 is 0 Å². The van der Waals surface area contributed by atoms with Crippen LogP contribution in [0.25, 0.3) is 0 Å². The summed E-state index contributed by atoms with van der Waals surface area (Å²) in [7, 11) is -2.73. The van der Waals surface area contributed by atoms with Crippen molar-refractivity contribution in [2.45, 2.75) is 52.1 Å². The summed E-state index contributed by atoms with van der Waals surface area (Å²) in [5.74, 6) is -0.528. The van der Waals surface area contributed by atoms with Crippen LogP contribution in [0.5, 0.6) is 5.75 Å². The van der Waals surface area contributed by atoms with E-state index >= 15 is 0 Å². The van der Waals surface area contributed by atoms with Crippen LogP contribution in [0, 0.1) is 20.8 Å². The van der Waals surface area contributed by atoms with E-state index in [1.54, 1.807) is 38.1 Å².